The van der Waals surface area contributed by atoms with Crippen molar-refractivity contribution in [1.82, 2.24) is 14.6 Å². The summed E-state index contributed by atoms with van der Waals surface area (Å²) in [6, 6.07) is 7.61. The van der Waals surface area contributed by atoms with Crippen LogP contribution in [-0.2, 0) is 0 Å². The third-order valence-corrected chi connectivity index (χ3v) is 3.39. The molecule has 1 amide bonds. The number of amides is 1. The maximum absolute atomic E-state index is 12.2. The van der Waals surface area contributed by atoms with Crippen LogP contribution in [0.1, 0.15) is 10.4 Å². The fraction of sp³-hybridized carbons (Fsp3) is 0. The summed E-state index contributed by atoms with van der Waals surface area (Å²) >= 11 is 2.22. The molecule has 19 heavy (non-hydrogen) atoms. The molecule has 0 fully saturated rings. The summed E-state index contributed by atoms with van der Waals surface area (Å²) in [7, 11) is 0. The number of hydrogen-bond donors (Lipinski definition) is 1. The van der Waals surface area contributed by atoms with Crippen LogP contribution in [-0.4, -0.2) is 20.5 Å². The molecule has 1 N–H and O–H groups in total. The van der Waals surface area contributed by atoms with Crippen molar-refractivity contribution in [1.29, 1.82) is 0 Å². The molecule has 2 heterocycles. The Balaban J connectivity index is 1.90. The molecule has 3 rings (SSSR count). The molecule has 0 aliphatic heterocycles. The maximum atomic E-state index is 12.2. The van der Waals surface area contributed by atoms with Crippen LogP contribution in [0.3, 0.4) is 0 Å². The summed E-state index contributed by atoms with van der Waals surface area (Å²) in [6.45, 7) is 0. The highest BCUT2D eigenvalue weighted by molar-refractivity contribution is 14.1. The minimum Gasteiger partial charge on any atom is -0.322 e. The van der Waals surface area contributed by atoms with Gasteiger partial charge in [-0.15, -0.1) is 0 Å². The molecular weight excluding hydrogens is 355 g/mol. The van der Waals surface area contributed by atoms with E-state index in [4.69, 9.17) is 0 Å². The molecule has 0 aliphatic rings. The molecular formula is C13H9IN4O. The normalized spacial score (nSPS) is 10.6. The zero-order chi connectivity index (χ0) is 13.2. The first-order valence-corrected chi connectivity index (χ1v) is 6.66. The van der Waals surface area contributed by atoms with E-state index in [0.717, 1.165) is 9.26 Å². The average Bonchev–Trinajstić information content (AvgIpc) is 2.85. The van der Waals surface area contributed by atoms with Crippen molar-refractivity contribution < 1.29 is 4.79 Å². The number of anilines is 1. The number of rotatable bonds is 2. The minimum atomic E-state index is -0.191. The Bertz CT molecular complexity index is 736. The quantitative estimate of drug-likeness (QED) is 0.712. The van der Waals surface area contributed by atoms with E-state index < -0.39 is 0 Å². The van der Waals surface area contributed by atoms with Crippen LogP contribution in [0, 0.1) is 3.57 Å². The summed E-state index contributed by atoms with van der Waals surface area (Å²) in [6.07, 6.45) is 6.49. The Morgan fingerprint density at radius 3 is 2.79 bits per heavy atom. The lowest BCUT2D eigenvalue weighted by atomic mass is 10.2. The molecule has 0 saturated carbocycles. The highest BCUT2D eigenvalue weighted by Gasteiger charge is 2.12. The summed E-state index contributed by atoms with van der Waals surface area (Å²) in [5, 5.41) is 6.95. The Labute approximate surface area is 122 Å². The van der Waals surface area contributed by atoms with E-state index in [0.29, 0.717) is 11.1 Å². The topological polar surface area (TPSA) is 59.3 Å². The van der Waals surface area contributed by atoms with E-state index in [2.05, 4.69) is 38.0 Å². The second-order valence-corrected chi connectivity index (χ2v) is 5.17. The van der Waals surface area contributed by atoms with E-state index >= 15 is 0 Å². The Morgan fingerprint density at radius 2 is 2.00 bits per heavy atom. The Hall–Kier alpha value is -1.96. The van der Waals surface area contributed by atoms with Gasteiger partial charge in [0.1, 0.15) is 0 Å². The van der Waals surface area contributed by atoms with E-state index in [9.17, 15) is 4.79 Å². The van der Waals surface area contributed by atoms with Gasteiger partial charge in [-0.2, -0.15) is 5.10 Å². The molecule has 94 valence electrons. The van der Waals surface area contributed by atoms with Gasteiger partial charge >= 0.3 is 0 Å². The minimum absolute atomic E-state index is 0.191. The monoisotopic (exact) mass is 364 g/mol. The predicted octanol–water partition coefficient (Wildman–Crippen LogP) is 2.59. The zero-order valence-electron chi connectivity index (χ0n) is 9.75. The standard InChI is InChI=1S/C13H9IN4O/c14-9-1-3-10(4-2-9)17-13(19)11-7-16-18-6-5-15-8-12(11)18/h1-8H,(H,17,19). The molecule has 5 nitrogen and oxygen atoms in total. The lowest BCUT2D eigenvalue weighted by molar-refractivity contribution is 0.102. The molecule has 2 aromatic heterocycles. The van der Waals surface area contributed by atoms with Gasteiger partial charge in [-0.3, -0.25) is 9.78 Å². The van der Waals surface area contributed by atoms with Gasteiger partial charge in [0.2, 0.25) is 0 Å². The van der Waals surface area contributed by atoms with E-state index in [1.807, 2.05) is 24.3 Å². The molecule has 0 radical (unpaired) electrons. The van der Waals surface area contributed by atoms with Crippen molar-refractivity contribution in [3.63, 3.8) is 0 Å². The number of carbonyl (C=O) groups is 1. The van der Waals surface area contributed by atoms with Crippen LogP contribution in [0.15, 0.2) is 49.1 Å². The number of halogens is 1. The first-order chi connectivity index (χ1) is 9.24. The molecule has 0 aliphatic carbocycles. The number of aromatic nitrogens is 3. The fourth-order valence-electron chi connectivity index (χ4n) is 1.74. The lowest BCUT2D eigenvalue weighted by Crippen LogP contribution is -2.11. The van der Waals surface area contributed by atoms with Gasteiger partial charge in [0.15, 0.2) is 0 Å². The Morgan fingerprint density at radius 1 is 1.21 bits per heavy atom. The third-order valence-electron chi connectivity index (χ3n) is 2.67. The summed E-state index contributed by atoms with van der Waals surface area (Å²) in [5.74, 6) is -0.191. The number of fused-ring (bicyclic) bond motifs is 1. The van der Waals surface area contributed by atoms with Gasteiger partial charge in [0.05, 0.1) is 23.5 Å². The van der Waals surface area contributed by atoms with Crippen molar-refractivity contribution in [3.05, 3.63) is 58.2 Å². The summed E-state index contributed by atoms with van der Waals surface area (Å²) < 4.78 is 2.74. The molecule has 3 aromatic rings. The van der Waals surface area contributed by atoms with Gasteiger partial charge < -0.3 is 5.32 Å². The first kappa shape index (κ1) is 12.1. The molecule has 1 aromatic carbocycles. The smallest absolute Gasteiger partial charge is 0.259 e. The second kappa shape index (κ2) is 4.96. The van der Waals surface area contributed by atoms with Crippen molar-refractivity contribution in [2.45, 2.75) is 0 Å². The number of benzene rings is 1. The van der Waals surface area contributed by atoms with E-state index in [1.165, 1.54) is 0 Å². The van der Waals surface area contributed by atoms with Crippen molar-refractivity contribution in [3.8, 4) is 0 Å². The zero-order valence-corrected chi connectivity index (χ0v) is 11.9. The third kappa shape index (κ3) is 2.43. The number of nitrogens with one attached hydrogen (secondary N) is 1. The lowest BCUT2D eigenvalue weighted by Gasteiger charge is -2.03. The van der Waals surface area contributed by atoms with Crippen LogP contribution < -0.4 is 5.32 Å². The van der Waals surface area contributed by atoms with Gasteiger partial charge in [-0.1, -0.05) is 0 Å². The molecule has 0 bridgehead atoms. The van der Waals surface area contributed by atoms with Gasteiger partial charge in [-0.25, -0.2) is 4.52 Å². The highest BCUT2D eigenvalue weighted by atomic mass is 127. The van der Waals surface area contributed by atoms with Crippen LogP contribution in [0.5, 0.6) is 0 Å². The SMILES string of the molecule is O=C(Nc1ccc(I)cc1)c1cnn2ccncc12. The van der Waals surface area contributed by atoms with Crippen LogP contribution in [0.25, 0.3) is 5.52 Å². The predicted molar refractivity (Wildman–Crippen MR) is 80.1 cm³/mol. The Kier molecular flexibility index (Phi) is 3.16. The molecule has 0 unspecified atom stereocenters. The van der Waals surface area contributed by atoms with Crippen LogP contribution in [0.2, 0.25) is 0 Å². The average molecular weight is 364 g/mol. The largest absolute Gasteiger partial charge is 0.322 e. The van der Waals surface area contributed by atoms with E-state index in [-0.39, 0.29) is 5.91 Å². The van der Waals surface area contributed by atoms with Crippen molar-refractivity contribution in [2.24, 2.45) is 0 Å². The van der Waals surface area contributed by atoms with Gasteiger partial charge in [0.25, 0.3) is 5.91 Å². The number of carbonyl (C=O) groups excluding carboxylic acids is 1. The highest BCUT2D eigenvalue weighted by Crippen LogP contribution is 2.14. The number of hydrogen-bond acceptors (Lipinski definition) is 3. The first-order valence-electron chi connectivity index (χ1n) is 5.58. The maximum Gasteiger partial charge on any atom is 0.259 e. The molecule has 0 spiro atoms. The van der Waals surface area contributed by atoms with Gasteiger partial charge in [-0.05, 0) is 46.9 Å². The molecule has 6 heteroatoms. The summed E-state index contributed by atoms with van der Waals surface area (Å²) in [4.78, 5) is 16.2. The van der Waals surface area contributed by atoms with Crippen molar-refractivity contribution >= 4 is 39.7 Å². The van der Waals surface area contributed by atoms with E-state index in [1.54, 1.807) is 29.3 Å². The number of nitrogens with zero attached hydrogens (tertiary/aromatic N) is 3. The molecule has 0 saturated heterocycles. The van der Waals surface area contributed by atoms with Crippen LogP contribution >= 0.6 is 22.6 Å². The second-order valence-electron chi connectivity index (χ2n) is 3.93. The summed E-state index contributed by atoms with van der Waals surface area (Å²) in [5.41, 5.74) is 1.95. The van der Waals surface area contributed by atoms with Crippen molar-refractivity contribution in [2.75, 3.05) is 5.32 Å². The van der Waals surface area contributed by atoms with Gasteiger partial charge in [0, 0.05) is 21.7 Å². The fourth-order valence-corrected chi connectivity index (χ4v) is 2.10. The van der Waals surface area contributed by atoms with Crippen LogP contribution in [0.4, 0.5) is 5.69 Å². The molecule has 0 atom stereocenters.